The summed E-state index contributed by atoms with van der Waals surface area (Å²) in [6.45, 7) is 0.138. The van der Waals surface area contributed by atoms with Crippen molar-refractivity contribution < 1.29 is 19.4 Å². The average molecular weight is 226 g/mol. The van der Waals surface area contributed by atoms with Crippen molar-refractivity contribution in [3.05, 3.63) is 35.4 Å². The lowest BCUT2D eigenvalue weighted by atomic mass is 10.1. The van der Waals surface area contributed by atoms with Crippen LogP contribution in [-0.2, 0) is 16.1 Å². The number of carbonyl (C=O) groups excluding carboxylic acids is 1. The van der Waals surface area contributed by atoms with Gasteiger partial charge >= 0.3 is 11.9 Å². The van der Waals surface area contributed by atoms with Crippen LogP contribution >= 0.6 is 12.6 Å². The Kier molecular flexibility index (Phi) is 4.17. The zero-order chi connectivity index (χ0) is 11.3. The van der Waals surface area contributed by atoms with Gasteiger partial charge in [0.2, 0.25) is 0 Å². The number of hydrogen-bond donors (Lipinski definition) is 2. The third-order valence-corrected chi connectivity index (χ3v) is 1.99. The molecule has 0 unspecified atom stereocenters. The molecule has 1 rings (SSSR count). The molecule has 0 saturated heterocycles. The molecule has 0 bridgehead atoms. The molecule has 0 heterocycles. The molecule has 0 aliphatic carbocycles. The van der Waals surface area contributed by atoms with Crippen LogP contribution in [0.3, 0.4) is 0 Å². The minimum Gasteiger partial charge on any atom is -0.478 e. The van der Waals surface area contributed by atoms with Crippen molar-refractivity contribution in [1.29, 1.82) is 0 Å². The predicted molar refractivity (Wildman–Crippen MR) is 57.1 cm³/mol. The van der Waals surface area contributed by atoms with E-state index >= 15 is 0 Å². The summed E-state index contributed by atoms with van der Waals surface area (Å²) < 4.78 is 4.81. The standard InChI is InChI=1S/C10H10O4S/c11-9(6-15)14-5-7-1-3-8(4-2-7)10(12)13/h1-4,15H,5-6H2,(H,12,13). The zero-order valence-electron chi connectivity index (χ0n) is 7.84. The number of carboxylic acid groups (broad SMARTS) is 1. The summed E-state index contributed by atoms with van der Waals surface area (Å²) >= 11 is 3.75. The summed E-state index contributed by atoms with van der Waals surface area (Å²) in [4.78, 5) is 21.3. The third kappa shape index (κ3) is 3.63. The minimum absolute atomic E-state index is 0.0349. The van der Waals surface area contributed by atoms with Crippen molar-refractivity contribution in [2.24, 2.45) is 0 Å². The molecule has 0 spiro atoms. The van der Waals surface area contributed by atoms with E-state index in [2.05, 4.69) is 12.6 Å². The summed E-state index contributed by atoms with van der Waals surface area (Å²) in [6.07, 6.45) is 0. The maximum Gasteiger partial charge on any atom is 0.335 e. The Morgan fingerprint density at radius 1 is 1.27 bits per heavy atom. The quantitative estimate of drug-likeness (QED) is 0.601. The number of thiol groups is 1. The van der Waals surface area contributed by atoms with E-state index in [1.54, 1.807) is 12.1 Å². The number of carboxylic acids is 1. The van der Waals surface area contributed by atoms with Crippen molar-refractivity contribution >= 4 is 24.6 Å². The van der Waals surface area contributed by atoms with Gasteiger partial charge in [-0.15, -0.1) is 0 Å². The Bertz CT molecular complexity index is 358. The van der Waals surface area contributed by atoms with Crippen LogP contribution in [0.4, 0.5) is 0 Å². The summed E-state index contributed by atoms with van der Waals surface area (Å²) in [5, 5.41) is 8.64. The molecule has 0 aromatic heterocycles. The highest BCUT2D eigenvalue weighted by molar-refractivity contribution is 7.81. The molecule has 0 aliphatic heterocycles. The molecule has 5 heteroatoms. The van der Waals surface area contributed by atoms with Crippen molar-refractivity contribution in [1.82, 2.24) is 0 Å². The molecule has 0 saturated carbocycles. The normalized spacial score (nSPS) is 9.67. The molecule has 0 aliphatic rings. The molecule has 0 atom stereocenters. The lowest BCUT2D eigenvalue weighted by Gasteiger charge is -2.03. The van der Waals surface area contributed by atoms with E-state index in [9.17, 15) is 9.59 Å². The highest BCUT2D eigenvalue weighted by Crippen LogP contribution is 2.06. The van der Waals surface area contributed by atoms with Crippen molar-refractivity contribution in [3.63, 3.8) is 0 Å². The smallest absolute Gasteiger partial charge is 0.335 e. The van der Waals surface area contributed by atoms with Gasteiger partial charge in [-0.3, -0.25) is 4.79 Å². The van der Waals surface area contributed by atoms with E-state index in [1.807, 2.05) is 0 Å². The largest absolute Gasteiger partial charge is 0.478 e. The van der Waals surface area contributed by atoms with Crippen LogP contribution in [0, 0.1) is 0 Å². The van der Waals surface area contributed by atoms with E-state index in [0.29, 0.717) is 0 Å². The number of aromatic carboxylic acids is 1. The van der Waals surface area contributed by atoms with Gasteiger partial charge in [-0.05, 0) is 17.7 Å². The number of rotatable bonds is 4. The third-order valence-electron chi connectivity index (χ3n) is 1.73. The second kappa shape index (κ2) is 5.41. The van der Waals surface area contributed by atoms with E-state index < -0.39 is 11.9 Å². The molecule has 80 valence electrons. The summed E-state index contributed by atoms with van der Waals surface area (Å²) in [5.41, 5.74) is 0.953. The fourth-order valence-corrected chi connectivity index (χ4v) is 1.04. The maximum absolute atomic E-state index is 10.8. The first kappa shape index (κ1) is 11.6. The number of ether oxygens (including phenoxy) is 1. The molecule has 1 aromatic rings. The van der Waals surface area contributed by atoms with Crippen LogP contribution in [0.2, 0.25) is 0 Å². The minimum atomic E-state index is -0.978. The number of esters is 1. The van der Waals surface area contributed by atoms with Crippen LogP contribution in [0.5, 0.6) is 0 Å². The Balaban J connectivity index is 2.57. The molecule has 0 amide bonds. The summed E-state index contributed by atoms with van der Waals surface area (Å²) in [6, 6.07) is 6.14. The first-order valence-corrected chi connectivity index (χ1v) is 4.85. The van der Waals surface area contributed by atoms with Crippen molar-refractivity contribution in [2.75, 3.05) is 5.75 Å². The SMILES string of the molecule is O=C(CS)OCc1ccc(C(=O)O)cc1. The monoisotopic (exact) mass is 226 g/mol. The van der Waals surface area contributed by atoms with Crippen LogP contribution < -0.4 is 0 Å². The Morgan fingerprint density at radius 2 is 1.87 bits per heavy atom. The van der Waals surface area contributed by atoms with Crippen molar-refractivity contribution in [2.45, 2.75) is 6.61 Å². The van der Waals surface area contributed by atoms with E-state index in [-0.39, 0.29) is 17.9 Å². The Morgan fingerprint density at radius 3 is 2.33 bits per heavy atom. The fraction of sp³-hybridized carbons (Fsp3) is 0.200. The summed E-state index contributed by atoms with van der Waals surface area (Å²) in [7, 11) is 0. The average Bonchev–Trinajstić information content (AvgIpc) is 2.26. The lowest BCUT2D eigenvalue weighted by Crippen LogP contribution is -2.05. The first-order valence-electron chi connectivity index (χ1n) is 4.22. The summed E-state index contributed by atoms with van der Waals surface area (Å²) in [5.74, 6) is -1.35. The van der Waals surface area contributed by atoms with Gasteiger partial charge in [-0.25, -0.2) is 4.79 Å². The molecule has 1 aromatic carbocycles. The van der Waals surface area contributed by atoms with Gasteiger partial charge in [-0.1, -0.05) is 12.1 Å². The van der Waals surface area contributed by atoms with Crippen LogP contribution in [0.1, 0.15) is 15.9 Å². The van der Waals surface area contributed by atoms with Gasteiger partial charge in [0.15, 0.2) is 0 Å². The zero-order valence-corrected chi connectivity index (χ0v) is 8.74. The van der Waals surface area contributed by atoms with Gasteiger partial charge in [-0.2, -0.15) is 12.6 Å². The predicted octanol–water partition coefficient (Wildman–Crippen LogP) is 1.36. The van der Waals surface area contributed by atoms with Gasteiger partial charge in [0.25, 0.3) is 0 Å². The molecule has 0 radical (unpaired) electrons. The Hall–Kier alpha value is -1.49. The topological polar surface area (TPSA) is 63.6 Å². The first-order chi connectivity index (χ1) is 7.13. The second-order valence-corrected chi connectivity index (χ2v) is 3.14. The second-order valence-electron chi connectivity index (χ2n) is 2.82. The van der Waals surface area contributed by atoms with Gasteiger partial charge in [0.05, 0.1) is 11.3 Å². The molecule has 4 nitrogen and oxygen atoms in total. The highest BCUT2D eigenvalue weighted by Gasteiger charge is 2.03. The van der Waals surface area contributed by atoms with Crippen LogP contribution in [0.25, 0.3) is 0 Å². The van der Waals surface area contributed by atoms with Gasteiger partial charge in [0.1, 0.15) is 6.61 Å². The lowest BCUT2D eigenvalue weighted by molar-refractivity contribution is -0.141. The van der Waals surface area contributed by atoms with Gasteiger partial charge in [0, 0.05) is 0 Å². The van der Waals surface area contributed by atoms with Gasteiger partial charge < -0.3 is 9.84 Å². The highest BCUT2D eigenvalue weighted by atomic mass is 32.1. The van der Waals surface area contributed by atoms with Crippen molar-refractivity contribution in [3.8, 4) is 0 Å². The molecular formula is C10H10O4S. The maximum atomic E-state index is 10.8. The Labute approximate surface area is 92.3 Å². The van der Waals surface area contributed by atoms with E-state index in [4.69, 9.17) is 9.84 Å². The molecule has 0 fully saturated rings. The fourth-order valence-electron chi connectivity index (χ4n) is 0.953. The molecular weight excluding hydrogens is 216 g/mol. The molecule has 15 heavy (non-hydrogen) atoms. The van der Waals surface area contributed by atoms with E-state index in [1.165, 1.54) is 12.1 Å². The van der Waals surface area contributed by atoms with Crippen LogP contribution in [-0.4, -0.2) is 22.8 Å². The number of benzene rings is 1. The number of hydrogen-bond acceptors (Lipinski definition) is 4. The van der Waals surface area contributed by atoms with E-state index in [0.717, 1.165) is 5.56 Å². The number of carbonyl (C=O) groups is 2. The van der Waals surface area contributed by atoms with Crippen LogP contribution in [0.15, 0.2) is 24.3 Å². The molecule has 1 N–H and O–H groups in total.